The van der Waals surface area contributed by atoms with E-state index in [4.69, 9.17) is 0 Å². The van der Waals surface area contributed by atoms with E-state index in [1.165, 1.54) is 33.3 Å². The molecule has 2 aromatic rings. The number of rotatable bonds is 3. The summed E-state index contributed by atoms with van der Waals surface area (Å²) in [6.45, 7) is 12.1. The molecule has 18 heavy (non-hydrogen) atoms. The van der Waals surface area contributed by atoms with E-state index in [2.05, 4.69) is 57.1 Å². The fourth-order valence-corrected chi connectivity index (χ4v) is 3.04. The van der Waals surface area contributed by atoms with E-state index in [1.54, 1.807) is 0 Å². The number of hydrogen-bond donors (Lipinski definition) is 2. The van der Waals surface area contributed by atoms with Gasteiger partial charge in [-0.2, -0.15) is 0 Å². The van der Waals surface area contributed by atoms with Crippen LogP contribution in [0, 0.1) is 20.8 Å². The third kappa shape index (κ3) is 1.95. The van der Waals surface area contributed by atoms with Crippen LogP contribution in [-0.4, -0.2) is 18.6 Å². The predicted molar refractivity (Wildman–Crippen MR) is 79.5 cm³/mol. The van der Waals surface area contributed by atoms with E-state index in [9.17, 15) is 0 Å². The minimum absolute atomic E-state index is 0.138. The lowest BCUT2D eigenvalue weighted by atomic mass is 9.82. The molecule has 2 N–H and O–H groups in total. The highest BCUT2D eigenvalue weighted by molar-refractivity contribution is 5.89. The zero-order valence-electron chi connectivity index (χ0n) is 12.4. The van der Waals surface area contributed by atoms with Crippen molar-refractivity contribution in [1.82, 2.24) is 10.3 Å². The zero-order valence-corrected chi connectivity index (χ0v) is 12.4. The van der Waals surface area contributed by atoms with Crippen molar-refractivity contribution in [2.45, 2.75) is 40.0 Å². The number of likely N-dealkylation sites (N-methyl/N-ethyl adjacent to an activating group) is 1. The highest BCUT2D eigenvalue weighted by Gasteiger charge is 2.26. The summed E-state index contributed by atoms with van der Waals surface area (Å²) >= 11 is 0. The second kappa shape index (κ2) is 4.43. The molecule has 0 fully saturated rings. The molecule has 0 atom stereocenters. The van der Waals surface area contributed by atoms with Crippen LogP contribution in [0.25, 0.3) is 10.9 Å². The van der Waals surface area contributed by atoms with E-state index in [0.717, 1.165) is 6.54 Å². The summed E-state index contributed by atoms with van der Waals surface area (Å²) < 4.78 is 0. The molecule has 0 aliphatic rings. The summed E-state index contributed by atoms with van der Waals surface area (Å²) in [7, 11) is 2.02. The first-order valence-corrected chi connectivity index (χ1v) is 6.62. The number of nitrogens with one attached hydrogen (secondary N) is 2. The number of fused-ring (bicyclic) bond motifs is 1. The van der Waals surface area contributed by atoms with Crippen LogP contribution in [0.4, 0.5) is 0 Å². The topological polar surface area (TPSA) is 27.8 Å². The largest absolute Gasteiger partial charge is 0.358 e. The van der Waals surface area contributed by atoms with Crippen LogP contribution < -0.4 is 5.32 Å². The van der Waals surface area contributed by atoms with Crippen molar-refractivity contribution < 1.29 is 0 Å². The first-order chi connectivity index (χ1) is 8.38. The molecule has 0 amide bonds. The lowest BCUT2D eigenvalue weighted by Gasteiger charge is -2.25. The number of benzene rings is 1. The summed E-state index contributed by atoms with van der Waals surface area (Å²) in [5, 5.41) is 4.67. The first-order valence-electron chi connectivity index (χ1n) is 6.62. The molecule has 0 unspecified atom stereocenters. The van der Waals surface area contributed by atoms with Crippen molar-refractivity contribution in [2.75, 3.05) is 13.6 Å². The minimum atomic E-state index is 0.138. The molecular formula is C16H24N2. The van der Waals surface area contributed by atoms with Gasteiger partial charge in [-0.3, -0.25) is 0 Å². The fourth-order valence-electron chi connectivity index (χ4n) is 3.04. The predicted octanol–water partition coefficient (Wildman–Crippen LogP) is 3.59. The van der Waals surface area contributed by atoms with E-state index < -0.39 is 0 Å². The normalized spacial score (nSPS) is 12.3. The van der Waals surface area contributed by atoms with E-state index in [1.807, 2.05) is 7.05 Å². The molecule has 0 saturated heterocycles. The maximum atomic E-state index is 3.57. The van der Waals surface area contributed by atoms with Gasteiger partial charge in [-0.25, -0.2) is 0 Å². The van der Waals surface area contributed by atoms with Gasteiger partial charge in [0.2, 0.25) is 0 Å². The van der Waals surface area contributed by atoms with Gasteiger partial charge in [-0.1, -0.05) is 26.0 Å². The van der Waals surface area contributed by atoms with Crippen molar-refractivity contribution in [2.24, 2.45) is 0 Å². The fraction of sp³-hybridized carbons (Fsp3) is 0.500. The molecule has 98 valence electrons. The molecular weight excluding hydrogens is 220 g/mol. The smallest absolute Gasteiger partial charge is 0.0491 e. The van der Waals surface area contributed by atoms with Gasteiger partial charge < -0.3 is 10.3 Å². The Hall–Kier alpha value is -1.28. The Bertz CT molecular complexity index is 576. The molecule has 2 heteroatoms. The standard InChI is InChI=1S/C16H24N2/c1-10-7-8-13-14(16(4,5)9-17-6)12(3)18-15(13)11(10)2/h7-8,17-18H,9H2,1-6H3. The molecule has 0 bridgehead atoms. The Balaban J connectivity index is 2.72. The van der Waals surface area contributed by atoms with Gasteiger partial charge in [-0.05, 0) is 44.5 Å². The van der Waals surface area contributed by atoms with Crippen LogP contribution in [0.2, 0.25) is 0 Å². The van der Waals surface area contributed by atoms with Gasteiger partial charge in [0.25, 0.3) is 0 Å². The summed E-state index contributed by atoms with van der Waals surface area (Å²) in [5.74, 6) is 0. The Morgan fingerprint density at radius 3 is 2.44 bits per heavy atom. The van der Waals surface area contributed by atoms with E-state index in [0.29, 0.717) is 0 Å². The van der Waals surface area contributed by atoms with E-state index in [-0.39, 0.29) is 5.41 Å². The van der Waals surface area contributed by atoms with Crippen LogP contribution in [0.15, 0.2) is 12.1 Å². The zero-order chi connectivity index (χ0) is 13.5. The van der Waals surface area contributed by atoms with Gasteiger partial charge >= 0.3 is 0 Å². The van der Waals surface area contributed by atoms with E-state index >= 15 is 0 Å². The highest BCUT2D eigenvalue weighted by atomic mass is 14.8. The molecule has 2 rings (SSSR count). The van der Waals surface area contributed by atoms with Crippen molar-refractivity contribution in [3.63, 3.8) is 0 Å². The quantitative estimate of drug-likeness (QED) is 0.848. The number of aryl methyl sites for hydroxylation is 3. The number of H-pyrrole nitrogens is 1. The number of aromatic amines is 1. The molecule has 0 aliphatic heterocycles. The molecule has 2 nitrogen and oxygen atoms in total. The molecule has 0 saturated carbocycles. The SMILES string of the molecule is CNCC(C)(C)c1c(C)[nH]c2c(C)c(C)ccc12. The van der Waals surface area contributed by atoms with Gasteiger partial charge in [0.15, 0.2) is 0 Å². The molecule has 1 aromatic heterocycles. The van der Waals surface area contributed by atoms with Crippen molar-refractivity contribution in [1.29, 1.82) is 0 Å². The van der Waals surface area contributed by atoms with Gasteiger partial charge in [0.1, 0.15) is 0 Å². The lowest BCUT2D eigenvalue weighted by Crippen LogP contribution is -2.31. The average Bonchev–Trinajstić information content (AvgIpc) is 2.61. The van der Waals surface area contributed by atoms with Crippen LogP contribution in [0.3, 0.4) is 0 Å². The summed E-state index contributed by atoms with van der Waals surface area (Å²) in [5.41, 5.74) is 6.88. The van der Waals surface area contributed by atoms with Crippen molar-refractivity contribution in [3.8, 4) is 0 Å². The van der Waals surface area contributed by atoms with Gasteiger partial charge in [0.05, 0.1) is 0 Å². The lowest BCUT2D eigenvalue weighted by molar-refractivity contribution is 0.495. The first kappa shape index (κ1) is 13.2. The Morgan fingerprint density at radius 2 is 1.83 bits per heavy atom. The minimum Gasteiger partial charge on any atom is -0.358 e. The van der Waals surface area contributed by atoms with Gasteiger partial charge in [0, 0.05) is 28.6 Å². The van der Waals surface area contributed by atoms with Crippen LogP contribution >= 0.6 is 0 Å². The maximum Gasteiger partial charge on any atom is 0.0491 e. The summed E-state index contributed by atoms with van der Waals surface area (Å²) in [4.78, 5) is 3.57. The second-order valence-corrected chi connectivity index (χ2v) is 5.97. The Labute approximate surface area is 110 Å². The van der Waals surface area contributed by atoms with Crippen molar-refractivity contribution >= 4 is 10.9 Å². The molecule has 0 radical (unpaired) electrons. The summed E-state index contributed by atoms with van der Waals surface area (Å²) in [6.07, 6.45) is 0. The van der Waals surface area contributed by atoms with Crippen LogP contribution in [0.1, 0.15) is 36.2 Å². The second-order valence-electron chi connectivity index (χ2n) is 5.97. The average molecular weight is 244 g/mol. The molecule has 1 heterocycles. The van der Waals surface area contributed by atoms with Crippen LogP contribution in [0.5, 0.6) is 0 Å². The highest BCUT2D eigenvalue weighted by Crippen LogP contribution is 2.34. The monoisotopic (exact) mass is 244 g/mol. The Morgan fingerprint density at radius 1 is 1.17 bits per heavy atom. The number of aromatic nitrogens is 1. The third-order valence-corrected chi connectivity index (χ3v) is 3.99. The molecule has 0 aliphatic carbocycles. The third-order valence-electron chi connectivity index (χ3n) is 3.99. The van der Waals surface area contributed by atoms with Crippen molar-refractivity contribution in [3.05, 3.63) is 34.5 Å². The van der Waals surface area contributed by atoms with Gasteiger partial charge in [-0.15, -0.1) is 0 Å². The molecule has 1 aromatic carbocycles. The maximum absolute atomic E-state index is 3.57. The number of hydrogen-bond acceptors (Lipinski definition) is 1. The Kier molecular flexibility index (Phi) is 3.24. The van der Waals surface area contributed by atoms with Crippen LogP contribution in [-0.2, 0) is 5.41 Å². The summed E-state index contributed by atoms with van der Waals surface area (Å²) in [6, 6.07) is 4.48. The molecule has 0 spiro atoms.